The molecule has 3 nitrogen and oxygen atoms in total. The number of aliphatic hydroxyl groups is 1. The van der Waals surface area contributed by atoms with Gasteiger partial charge in [-0.2, -0.15) is 0 Å². The van der Waals surface area contributed by atoms with E-state index in [4.69, 9.17) is 5.11 Å². The second-order valence-electron chi connectivity index (χ2n) is 5.78. The molecule has 0 saturated carbocycles. The fraction of sp³-hybridized carbons (Fsp3) is 0.600. The van der Waals surface area contributed by atoms with Gasteiger partial charge in [-0.05, 0) is 36.6 Å². The number of hydrogen-bond donors (Lipinski definition) is 2. The maximum absolute atomic E-state index is 12.2. The third kappa shape index (κ3) is 5.05. The average Bonchev–Trinajstić information content (AvgIpc) is 2.37. The molecule has 2 N–H and O–H groups in total. The Morgan fingerprint density at radius 3 is 2.26 bits per heavy atom. The van der Waals surface area contributed by atoms with Crippen molar-refractivity contribution in [1.82, 2.24) is 5.32 Å². The number of benzene rings is 1. The molecule has 0 amide bonds. The zero-order valence-electron chi connectivity index (χ0n) is 12.3. The lowest BCUT2D eigenvalue weighted by Gasteiger charge is -2.19. The first kappa shape index (κ1) is 16.3. The van der Waals surface area contributed by atoms with E-state index in [0.717, 1.165) is 4.90 Å². The quantitative estimate of drug-likeness (QED) is 0.840. The van der Waals surface area contributed by atoms with E-state index in [1.54, 1.807) is 0 Å². The fourth-order valence-corrected chi connectivity index (χ4v) is 3.18. The van der Waals surface area contributed by atoms with Crippen molar-refractivity contribution in [2.75, 3.05) is 19.4 Å². The van der Waals surface area contributed by atoms with E-state index in [9.17, 15) is 4.21 Å². The zero-order chi connectivity index (χ0) is 14.5. The highest BCUT2D eigenvalue weighted by molar-refractivity contribution is 7.85. The Morgan fingerprint density at radius 1 is 1.26 bits per heavy atom. The van der Waals surface area contributed by atoms with Gasteiger partial charge >= 0.3 is 0 Å². The Hall–Kier alpha value is -0.710. The lowest BCUT2D eigenvalue weighted by atomic mass is 9.87. The van der Waals surface area contributed by atoms with Gasteiger partial charge in [-0.3, -0.25) is 4.21 Å². The molecule has 4 heteroatoms. The summed E-state index contributed by atoms with van der Waals surface area (Å²) < 4.78 is 12.2. The Bertz CT molecular complexity index is 409. The standard InChI is InChI=1S/C15H25NO2S/c1-15(2,3)12-5-7-14(8-6-12)19(18)11-13(16-4)9-10-17/h5-8,13,16-17H,9-11H2,1-4H3. The van der Waals surface area contributed by atoms with Gasteiger partial charge in [0, 0.05) is 23.3 Å². The van der Waals surface area contributed by atoms with Crippen molar-refractivity contribution in [2.45, 2.75) is 43.5 Å². The molecule has 0 bridgehead atoms. The van der Waals surface area contributed by atoms with Gasteiger partial charge in [0.05, 0.1) is 10.8 Å². The van der Waals surface area contributed by atoms with E-state index in [2.05, 4.69) is 26.1 Å². The Labute approximate surface area is 118 Å². The molecule has 0 aromatic heterocycles. The van der Waals surface area contributed by atoms with E-state index in [-0.39, 0.29) is 18.1 Å². The second-order valence-corrected chi connectivity index (χ2v) is 7.28. The highest BCUT2D eigenvalue weighted by Crippen LogP contribution is 2.23. The Balaban J connectivity index is 2.73. The van der Waals surface area contributed by atoms with Gasteiger partial charge in [-0.1, -0.05) is 32.9 Å². The van der Waals surface area contributed by atoms with Crippen LogP contribution in [-0.2, 0) is 16.2 Å². The first-order valence-electron chi connectivity index (χ1n) is 6.65. The molecule has 1 aromatic rings. The Kier molecular flexibility index (Phi) is 6.17. The van der Waals surface area contributed by atoms with Crippen LogP contribution in [0.15, 0.2) is 29.2 Å². The minimum atomic E-state index is -1.02. The third-order valence-electron chi connectivity index (χ3n) is 3.22. The highest BCUT2D eigenvalue weighted by atomic mass is 32.2. The van der Waals surface area contributed by atoms with Gasteiger partial charge in [-0.15, -0.1) is 0 Å². The maximum atomic E-state index is 12.2. The predicted molar refractivity (Wildman–Crippen MR) is 81.0 cm³/mol. The van der Waals surface area contributed by atoms with Crippen LogP contribution in [-0.4, -0.2) is 34.8 Å². The summed E-state index contributed by atoms with van der Waals surface area (Å²) in [4.78, 5) is 0.853. The van der Waals surface area contributed by atoms with Gasteiger partial charge in [0.15, 0.2) is 0 Å². The molecule has 1 aromatic carbocycles. The van der Waals surface area contributed by atoms with E-state index in [1.807, 2.05) is 31.3 Å². The van der Waals surface area contributed by atoms with Crippen LogP contribution in [0.25, 0.3) is 0 Å². The molecule has 2 unspecified atom stereocenters. The summed E-state index contributed by atoms with van der Waals surface area (Å²) in [6.07, 6.45) is 0.627. The van der Waals surface area contributed by atoms with Crippen molar-refractivity contribution in [3.63, 3.8) is 0 Å². The van der Waals surface area contributed by atoms with Crippen molar-refractivity contribution in [3.8, 4) is 0 Å². The lowest BCUT2D eigenvalue weighted by molar-refractivity contribution is 0.272. The first-order valence-corrected chi connectivity index (χ1v) is 7.97. The molecule has 108 valence electrons. The highest BCUT2D eigenvalue weighted by Gasteiger charge is 2.15. The van der Waals surface area contributed by atoms with Crippen LogP contribution in [0.3, 0.4) is 0 Å². The molecular weight excluding hydrogens is 258 g/mol. The molecule has 1 rings (SSSR count). The van der Waals surface area contributed by atoms with Gasteiger partial charge in [0.2, 0.25) is 0 Å². The van der Waals surface area contributed by atoms with Crippen molar-refractivity contribution in [2.24, 2.45) is 0 Å². The molecule has 0 aliphatic rings. The van der Waals surface area contributed by atoms with Crippen molar-refractivity contribution < 1.29 is 9.32 Å². The van der Waals surface area contributed by atoms with Crippen LogP contribution in [0.4, 0.5) is 0 Å². The third-order valence-corrected chi connectivity index (χ3v) is 4.72. The zero-order valence-corrected chi connectivity index (χ0v) is 13.1. The molecule has 2 atom stereocenters. The maximum Gasteiger partial charge on any atom is 0.0545 e. The lowest BCUT2D eigenvalue weighted by Crippen LogP contribution is -2.32. The van der Waals surface area contributed by atoms with Crippen LogP contribution in [0.2, 0.25) is 0 Å². The molecule has 0 saturated heterocycles. The summed E-state index contributed by atoms with van der Waals surface area (Å²) in [5.74, 6) is 0.534. The number of hydrogen-bond acceptors (Lipinski definition) is 3. The molecule has 19 heavy (non-hydrogen) atoms. The molecule has 0 fully saturated rings. The minimum Gasteiger partial charge on any atom is -0.396 e. The summed E-state index contributed by atoms with van der Waals surface area (Å²) in [5.41, 5.74) is 1.36. The summed E-state index contributed by atoms with van der Waals surface area (Å²) in [6.45, 7) is 6.61. The summed E-state index contributed by atoms with van der Waals surface area (Å²) >= 11 is 0. The van der Waals surface area contributed by atoms with E-state index < -0.39 is 10.8 Å². The average molecular weight is 283 g/mol. The predicted octanol–water partition coefficient (Wildman–Crippen LogP) is 2.06. The molecule has 0 heterocycles. The SMILES string of the molecule is CNC(CCO)CS(=O)c1ccc(C(C)(C)C)cc1. The molecular formula is C15H25NO2S. The monoisotopic (exact) mass is 283 g/mol. The summed E-state index contributed by atoms with van der Waals surface area (Å²) in [7, 11) is 0.810. The Morgan fingerprint density at radius 2 is 1.84 bits per heavy atom. The van der Waals surface area contributed by atoms with Gasteiger partial charge < -0.3 is 10.4 Å². The van der Waals surface area contributed by atoms with Gasteiger partial charge in [0.25, 0.3) is 0 Å². The van der Waals surface area contributed by atoms with Crippen LogP contribution in [0.5, 0.6) is 0 Å². The van der Waals surface area contributed by atoms with E-state index in [0.29, 0.717) is 12.2 Å². The van der Waals surface area contributed by atoms with Crippen molar-refractivity contribution in [3.05, 3.63) is 29.8 Å². The van der Waals surface area contributed by atoms with Crippen LogP contribution >= 0.6 is 0 Å². The van der Waals surface area contributed by atoms with Crippen LogP contribution < -0.4 is 5.32 Å². The topological polar surface area (TPSA) is 49.3 Å². The normalized spacial score (nSPS) is 15.2. The number of nitrogens with one attached hydrogen (secondary N) is 1. The molecule has 0 spiro atoms. The van der Waals surface area contributed by atoms with Gasteiger partial charge in [0.1, 0.15) is 0 Å². The molecule has 0 aliphatic heterocycles. The van der Waals surface area contributed by atoms with Gasteiger partial charge in [-0.25, -0.2) is 0 Å². The van der Waals surface area contributed by atoms with Crippen LogP contribution in [0.1, 0.15) is 32.8 Å². The molecule has 0 radical (unpaired) electrons. The molecule has 0 aliphatic carbocycles. The second kappa shape index (κ2) is 7.17. The minimum absolute atomic E-state index is 0.0909. The fourth-order valence-electron chi connectivity index (χ4n) is 1.85. The first-order chi connectivity index (χ1) is 8.88. The summed E-state index contributed by atoms with van der Waals surface area (Å²) in [6, 6.07) is 8.08. The number of aliphatic hydroxyl groups excluding tert-OH is 1. The largest absolute Gasteiger partial charge is 0.396 e. The smallest absolute Gasteiger partial charge is 0.0545 e. The van der Waals surface area contributed by atoms with Crippen molar-refractivity contribution >= 4 is 10.8 Å². The number of rotatable bonds is 6. The summed E-state index contributed by atoms with van der Waals surface area (Å²) in [5, 5.41) is 12.0. The van der Waals surface area contributed by atoms with E-state index >= 15 is 0 Å². The van der Waals surface area contributed by atoms with Crippen LogP contribution in [0, 0.1) is 0 Å². The van der Waals surface area contributed by atoms with Crippen molar-refractivity contribution in [1.29, 1.82) is 0 Å². The van der Waals surface area contributed by atoms with E-state index in [1.165, 1.54) is 5.56 Å².